The van der Waals surface area contributed by atoms with E-state index in [1.165, 1.54) is 16.4 Å². The largest absolute Gasteiger partial charge is 0.326 e. The standard InChI is InChI=1S/C21H24FN3O4S/c1-2-20(26)23-17-4-3-5-18(14-17)24-21(27)15-10-12-25(13-11-15)30(28,29)19-8-6-16(22)7-9-19/h3-9,14-15H,2,10-13H2,1H3,(H,23,26)(H,24,27). The van der Waals surface area contributed by atoms with Crippen molar-refractivity contribution in [1.29, 1.82) is 0 Å². The summed E-state index contributed by atoms with van der Waals surface area (Å²) in [6.45, 7) is 2.18. The lowest BCUT2D eigenvalue weighted by Gasteiger charge is -2.30. The Labute approximate surface area is 175 Å². The summed E-state index contributed by atoms with van der Waals surface area (Å²) in [5.41, 5.74) is 1.16. The van der Waals surface area contributed by atoms with Gasteiger partial charge in [-0.1, -0.05) is 13.0 Å². The van der Waals surface area contributed by atoms with E-state index in [-0.39, 0.29) is 35.7 Å². The number of benzene rings is 2. The van der Waals surface area contributed by atoms with Crippen LogP contribution in [0.15, 0.2) is 53.4 Å². The van der Waals surface area contributed by atoms with E-state index in [1.807, 2.05) is 0 Å². The van der Waals surface area contributed by atoms with E-state index in [1.54, 1.807) is 31.2 Å². The molecule has 2 aromatic carbocycles. The van der Waals surface area contributed by atoms with Gasteiger partial charge in [0.25, 0.3) is 0 Å². The zero-order chi connectivity index (χ0) is 21.7. The molecular formula is C21H24FN3O4S. The number of hydrogen-bond acceptors (Lipinski definition) is 4. The summed E-state index contributed by atoms with van der Waals surface area (Å²) in [6.07, 6.45) is 1.13. The molecule has 0 bridgehead atoms. The second-order valence-corrected chi connectivity index (χ2v) is 9.04. The van der Waals surface area contributed by atoms with Crippen molar-refractivity contribution in [3.63, 3.8) is 0 Å². The second-order valence-electron chi connectivity index (χ2n) is 7.10. The molecule has 0 aromatic heterocycles. The third-order valence-corrected chi connectivity index (χ3v) is 6.92. The highest BCUT2D eigenvalue weighted by atomic mass is 32.2. The van der Waals surface area contributed by atoms with Crippen LogP contribution in [0, 0.1) is 11.7 Å². The number of sulfonamides is 1. The van der Waals surface area contributed by atoms with Crippen molar-refractivity contribution in [3.8, 4) is 0 Å². The lowest BCUT2D eigenvalue weighted by Crippen LogP contribution is -2.41. The molecule has 0 aliphatic carbocycles. The minimum atomic E-state index is -3.71. The zero-order valence-electron chi connectivity index (χ0n) is 16.6. The van der Waals surface area contributed by atoms with Crippen LogP contribution in [0.4, 0.5) is 15.8 Å². The number of nitrogens with one attached hydrogen (secondary N) is 2. The van der Waals surface area contributed by atoms with Crippen LogP contribution in [0.3, 0.4) is 0 Å². The second kappa shape index (κ2) is 9.36. The Morgan fingerprint density at radius 2 is 1.63 bits per heavy atom. The molecule has 2 N–H and O–H groups in total. The van der Waals surface area contributed by atoms with Crippen molar-refractivity contribution in [3.05, 3.63) is 54.3 Å². The first-order valence-electron chi connectivity index (χ1n) is 9.76. The monoisotopic (exact) mass is 433 g/mol. The van der Waals surface area contributed by atoms with Crippen molar-refractivity contribution < 1.29 is 22.4 Å². The predicted molar refractivity (Wildman–Crippen MR) is 112 cm³/mol. The highest BCUT2D eigenvalue weighted by Crippen LogP contribution is 2.25. The molecule has 2 aromatic rings. The van der Waals surface area contributed by atoms with Gasteiger partial charge in [0, 0.05) is 36.8 Å². The molecule has 3 rings (SSSR count). The third-order valence-electron chi connectivity index (χ3n) is 5.01. The molecule has 1 fully saturated rings. The summed E-state index contributed by atoms with van der Waals surface area (Å²) in [7, 11) is -3.71. The summed E-state index contributed by atoms with van der Waals surface area (Å²) in [4.78, 5) is 24.2. The van der Waals surface area contributed by atoms with E-state index < -0.39 is 15.8 Å². The lowest BCUT2D eigenvalue weighted by molar-refractivity contribution is -0.121. The molecule has 0 saturated carbocycles. The molecule has 0 radical (unpaired) electrons. The van der Waals surface area contributed by atoms with Gasteiger partial charge in [0.1, 0.15) is 5.82 Å². The van der Waals surface area contributed by atoms with Crippen LogP contribution < -0.4 is 10.6 Å². The maximum absolute atomic E-state index is 13.1. The number of amides is 2. The van der Waals surface area contributed by atoms with Gasteiger partial charge in [-0.2, -0.15) is 4.31 Å². The fourth-order valence-electron chi connectivity index (χ4n) is 3.28. The van der Waals surface area contributed by atoms with Crippen molar-refractivity contribution in [2.45, 2.75) is 31.1 Å². The summed E-state index contributed by atoms with van der Waals surface area (Å²) >= 11 is 0. The average Bonchev–Trinajstić information content (AvgIpc) is 2.74. The highest BCUT2D eigenvalue weighted by Gasteiger charge is 2.32. The maximum Gasteiger partial charge on any atom is 0.243 e. The SMILES string of the molecule is CCC(=O)Nc1cccc(NC(=O)C2CCN(S(=O)(=O)c3ccc(F)cc3)CC2)c1. The van der Waals surface area contributed by atoms with E-state index in [2.05, 4.69) is 10.6 Å². The van der Waals surface area contributed by atoms with Crippen molar-refractivity contribution in [1.82, 2.24) is 4.31 Å². The Kier molecular flexibility index (Phi) is 6.84. The number of carbonyl (C=O) groups excluding carboxylic acids is 2. The summed E-state index contributed by atoms with van der Waals surface area (Å²) in [5, 5.41) is 5.57. The maximum atomic E-state index is 13.1. The van der Waals surface area contributed by atoms with Gasteiger partial charge in [-0.05, 0) is 55.3 Å². The number of halogens is 1. The molecule has 1 saturated heterocycles. The lowest BCUT2D eigenvalue weighted by atomic mass is 9.97. The van der Waals surface area contributed by atoms with Gasteiger partial charge >= 0.3 is 0 Å². The number of piperidine rings is 1. The molecule has 0 spiro atoms. The van der Waals surface area contributed by atoms with Crippen molar-refractivity contribution >= 4 is 33.2 Å². The number of anilines is 2. The molecule has 1 aliphatic rings. The Hall–Kier alpha value is -2.78. The fraction of sp³-hybridized carbons (Fsp3) is 0.333. The fourth-order valence-corrected chi connectivity index (χ4v) is 4.75. The highest BCUT2D eigenvalue weighted by molar-refractivity contribution is 7.89. The Morgan fingerprint density at radius 3 is 2.23 bits per heavy atom. The minimum Gasteiger partial charge on any atom is -0.326 e. The van der Waals surface area contributed by atoms with Gasteiger partial charge in [0.15, 0.2) is 0 Å². The first kappa shape index (κ1) is 21.9. The Bertz CT molecular complexity index is 1020. The Balaban J connectivity index is 1.58. The van der Waals surface area contributed by atoms with Crippen LogP contribution in [0.25, 0.3) is 0 Å². The topological polar surface area (TPSA) is 95.6 Å². The Morgan fingerprint density at radius 1 is 1.03 bits per heavy atom. The number of hydrogen-bond donors (Lipinski definition) is 2. The molecule has 1 aliphatic heterocycles. The van der Waals surface area contributed by atoms with Crippen LogP contribution in [0.2, 0.25) is 0 Å². The van der Waals surface area contributed by atoms with Gasteiger partial charge in [-0.15, -0.1) is 0 Å². The molecule has 1 heterocycles. The average molecular weight is 434 g/mol. The first-order valence-corrected chi connectivity index (χ1v) is 11.2. The number of carbonyl (C=O) groups is 2. The van der Waals surface area contributed by atoms with E-state index in [9.17, 15) is 22.4 Å². The molecular weight excluding hydrogens is 409 g/mol. The van der Waals surface area contributed by atoms with Crippen LogP contribution >= 0.6 is 0 Å². The smallest absolute Gasteiger partial charge is 0.243 e. The van der Waals surface area contributed by atoms with Crippen molar-refractivity contribution in [2.75, 3.05) is 23.7 Å². The van der Waals surface area contributed by atoms with Gasteiger partial charge in [-0.3, -0.25) is 9.59 Å². The van der Waals surface area contributed by atoms with Crippen LogP contribution in [-0.4, -0.2) is 37.6 Å². The molecule has 2 amide bonds. The molecule has 160 valence electrons. The van der Waals surface area contributed by atoms with Crippen molar-refractivity contribution in [2.24, 2.45) is 5.92 Å². The summed E-state index contributed by atoms with van der Waals surface area (Å²) in [5.74, 6) is -1.12. The van der Waals surface area contributed by atoms with Gasteiger partial charge < -0.3 is 10.6 Å². The molecule has 0 unspecified atom stereocenters. The predicted octanol–water partition coefficient (Wildman–Crippen LogP) is 3.21. The quantitative estimate of drug-likeness (QED) is 0.731. The van der Waals surface area contributed by atoms with Gasteiger partial charge in [0.2, 0.25) is 21.8 Å². The number of nitrogens with zero attached hydrogens (tertiary/aromatic N) is 1. The number of rotatable bonds is 6. The summed E-state index contributed by atoms with van der Waals surface area (Å²) in [6, 6.07) is 11.6. The van der Waals surface area contributed by atoms with E-state index in [4.69, 9.17) is 0 Å². The molecule has 7 nitrogen and oxygen atoms in total. The molecule has 9 heteroatoms. The van der Waals surface area contributed by atoms with Crippen LogP contribution in [0.1, 0.15) is 26.2 Å². The molecule has 30 heavy (non-hydrogen) atoms. The van der Waals surface area contributed by atoms with Gasteiger partial charge in [0.05, 0.1) is 4.90 Å². The third kappa shape index (κ3) is 5.22. The van der Waals surface area contributed by atoms with E-state index >= 15 is 0 Å². The van der Waals surface area contributed by atoms with E-state index in [0.29, 0.717) is 30.6 Å². The summed E-state index contributed by atoms with van der Waals surface area (Å²) < 4.78 is 39.8. The first-order chi connectivity index (χ1) is 14.3. The molecule has 0 atom stereocenters. The minimum absolute atomic E-state index is 0.0396. The van der Waals surface area contributed by atoms with Gasteiger partial charge in [-0.25, -0.2) is 12.8 Å². The van der Waals surface area contributed by atoms with Crippen LogP contribution in [0.5, 0.6) is 0 Å². The van der Waals surface area contributed by atoms with Crippen LogP contribution in [-0.2, 0) is 19.6 Å². The van der Waals surface area contributed by atoms with E-state index in [0.717, 1.165) is 12.1 Å². The normalized spacial score (nSPS) is 15.5. The zero-order valence-corrected chi connectivity index (χ0v) is 17.4.